The summed E-state index contributed by atoms with van der Waals surface area (Å²) >= 11 is 7.07. The van der Waals surface area contributed by atoms with Crippen molar-refractivity contribution < 1.29 is 9.53 Å². The third-order valence-electron chi connectivity index (χ3n) is 3.13. The largest absolute Gasteiger partial charge is 0.465 e. The highest BCUT2D eigenvalue weighted by Crippen LogP contribution is 2.27. The molecule has 0 aliphatic carbocycles. The summed E-state index contributed by atoms with van der Waals surface area (Å²) in [5.41, 5.74) is 3.06. The third-order valence-corrected chi connectivity index (χ3v) is 4.51. The molecular formula is C14H13ClN4O2S. The molecule has 0 bridgehead atoms. The number of aryl methyl sites for hydroxylation is 1. The third kappa shape index (κ3) is 2.77. The van der Waals surface area contributed by atoms with Crippen LogP contribution in [0.5, 0.6) is 0 Å². The van der Waals surface area contributed by atoms with Gasteiger partial charge in [-0.15, -0.1) is 0 Å². The normalized spacial score (nSPS) is 10.9. The Morgan fingerprint density at radius 3 is 3.00 bits per heavy atom. The number of H-pyrrole nitrogens is 1. The van der Waals surface area contributed by atoms with Crippen molar-refractivity contribution in [2.24, 2.45) is 0 Å². The number of hydrogen-bond acceptors (Lipinski definition) is 6. The van der Waals surface area contributed by atoms with Crippen molar-refractivity contribution in [2.45, 2.75) is 13.5 Å². The molecule has 1 aromatic carbocycles. The molecule has 0 unspecified atom stereocenters. The number of rotatable bonds is 4. The molecule has 0 spiro atoms. The zero-order valence-electron chi connectivity index (χ0n) is 11.9. The number of esters is 1. The van der Waals surface area contributed by atoms with Crippen molar-refractivity contribution in [3.8, 4) is 0 Å². The van der Waals surface area contributed by atoms with Crippen LogP contribution in [-0.4, -0.2) is 28.0 Å². The molecule has 2 N–H and O–H groups in total. The van der Waals surface area contributed by atoms with Gasteiger partial charge >= 0.3 is 5.97 Å². The number of aromatic amines is 1. The smallest absolute Gasteiger partial charge is 0.351 e. The molecule has 0 saturated heterocycles. The number of fused-ring (bicyclic) bond motifs is 1. The summed E-state index contributed by atoms with van der Waals surface area (Å²) in [6.07, 6.45) is 0. The highest BCUT2D eigenvalue weighted by molar-refractivity contribution is 7.18. The van der Waals surface area contributed by atoms with E-state index in [9.17, 15) is 4.79 Å². The summed E-state index contributed by atoms with van der Waals surface area (Å²) in [7, 11) is 1.31. The number of nitrogens with one attached hydrogen (secondary N) is 2. The van der Waals surface area contributed by atoms with Crippen LogP contribution in [0.2, 0.25) is 5.15 Å². The predicted molar refractivity (Wildman–Crippen MR) is 86.6 cm³/mol. The van der Waals surface area contributed by atoms with E-state index in [-0.39, 0.29) is 10.0 Å². The number of carbonyl (C=O) groups is 1. The van der Waals surface area contributed by atoms with Crippen molar-refractivity contribution >= 4 is 45.1 Å². The Kier molecular flexibility index (Phi) is 4.00. The molecule has 0 radical (unpaired) electrons. The van der Waals surface area contributed by atoms with Crippen LogP contribution in [0.25, 0.3) is 11.0 Å². The van der Waals surface area contributed by atoms with Crippen LogP contribution in [0.4, 0.5) is 5.13 Å². The zero-order chi connectivity index (χ0) is 15.7. The fourth-order valence-electron chi connectivity index (χ4n) is 2.07. The number of benzene rings is 1. The first-order valence-electron chi connectivity index (χ1n) is 6.51. The van der Waals surface area contributed by atoms with Gasteiger partial charge in [0.1, 0.15) is 5.82 Å². The van der Waals surface area contributed by atoms with Gasteiger partial charge in [0.05, 0.1) is 24.7 Å². The average molecular weight is 337 g/mol. The molecule has 8 heteroatoms. The Bertz CT molecular complexity index is 843. The molecule has 3 aromatic rings. The summed E-state index contributed by atoms with van der Waals surface area (Å²) in [4.78, 5) is 23.7. The molecular weight excluding hydrogens is 324 g/mol. The van der Waals surface area contributed by atoms with Crippen molar-refractivity contribution in [3.05, 3.63) is 39.6 Å². The minimum Gasteiger partial charge on any atom is -0.465 e. The first-order valence-corrected chi connectivity index (χ1v) is 7.70. The van der Waals surface area contributed by atoms with Crippen LogP contribution in [0.15, 0.2) is 18.2 Å². The second kappa shape index (κ2) is 5.94. The standard InChI is InChI=1S/C14H13ClN4O2S/c1-7-4-3-5-8-10(7)18-9(17-8)6-16-14-19-12(15)11(22-14)13(20)21-2/h3-5H,6H2,1-2H3,(H,16,19)(H,17,18). The van der Waals surface area contributed by atoms with Crippen molar-refractivity contribution in [2.75, 3.05) is 12.4 Å². The monoisotopic (exact) mass is 336 g/mol. The molecule has 22 heavy (non-hydrogen) atoms. The van der Waals surface area contributed by atoms with Crippen LogP contribution in [0.3, 0.4) is 0 Å². The van der Waals surface area contributed by atoms with E-state index < -0.39 is 5.97 Å². The predicted octanol–water partition coefficient (Wildman–Crippen LogP) is 3.38. The van der Waals surface area contributed by atoms with Gasteiger partial charge in [-0.25, -0.2) is 14.8 Å². The van der Waals surface area contributed by atoms with E-state index in [2.05, 4.69) is 25.0 Å². The van der Waals surface area contributed by atoms with Crippen LogP contribution in [-0.2, 0) is 11.3 Å². The van der Waals surface area contributed by atoms with Crippen LogP contribution in [0, 0.1) is 6.92 Å². The molecule has 0 saturated carbocycles. The Hall–Kier alpha value is -2.12. The Balaban J connectivity index is 1.76. The second-order valence-corrected chi connectivity index (χ2v) is 6.00. The number of imidazole rings is 1. The van der Waals surface area contributed by atoms with Gasteiger partial charge in [-0.3, -0.25) is 0 Å². The van der Waals surface area contributed by atoms with Gasteiger partial charge < -0.3 is 15.0 Å². The van der Waals surface area contributed by atoms with Gasteiger partial charge in [-0.2, -0.15) is 0 Å². The highest BCUT2D eigenvalue weighted by atomic mass is 35.5. The lowest BCUT2D eigenvalue weighted by molar-refractivity contribution is 0.0606. The molecule has 0 aliphatic rings. The molecule has 3 rings (SSSR count). The van der Waals surface area contributed by atoms with Crippen molar-refractivity contribution in [1.82, 2.24) is 15.0 Å². The van der Waals surface area contributed by atoms with E-state index in [0.29, 0.717) is 11.7 Å². The maximum Gasteiger partial charge on any atom is 0.351 e. The Morgan fingerprint density at radius 2 is 2.27 bits per heavy atom. The Morgan fingerprint density at radius 1 is 1.45 bits per heavy atom. The molecule has 6 nitrogen and oxygen atoms in total. The van der Waals surface area contributed by atoms with Gasteiger partial charge in [0.25, 0.3) is 0 Å². The van der Waals surface area contributed by atoms with E-state index >= 15 is 0 Å². The second-order valence-electron chi connectivity index (χ2n) is 4.64. The molecule has 2 aromatic heterocycles. The summed E-state index contributed by atoms with van der Waals surface area (Å²) in [5, 5.41) is 3.79. The van der Waals surface area contributed by atoms with Crippen LogP contribution >= 0.6 is 22.9 Å². The summed E-state index contributed by atoms with van der Waals surface area (Å²) in [6, 6.07) is 5.98. The summed E-state index contributed by atoms with van der Waals surface area (Å²) in [6.45, 7) is 2.47. The SMILES string of the molecule is COC(=O)c1sc(NCc2nc3c(C)cccc3[nH]2)nc1Cl. The van der Waals surface area contributed by atoms with E-state index in [1.807, 2.05) is 25.1 Å². The summed E-state index contributed by atoms with van der Waals surface area (Å²) < 4.78 is 4.65. The fraction of sp³-hybridized carbons (Fsp3) is 0.214. The number of anilines is 1. The minimum absolute atomic E-state index is 0.139. The number of halogens is 1. The lowest BCUT2D eigenvalue weighted by Gasteiger charge is -1.98. The average Bonchev–Trinajstić information content (AvgIpc) is 3.08. The van der Waals surface area contributed by atoms with Crippen molar-refractivity contribution in [1.29, 1.82) is 0 Å². The molecule has 0 aliphatic heterocycles. The van der Waals surface area contributed by atoms with E-state index in [1.165, 1.54) is 7.11 Å². The van der Waals surface area contributed by atoms with Gasteiger partial charge in [-0.05, 0) is 18.6 Å². The number of para-hydroxylation sites is 1. The number of aromatic nitrogens is 3. The summed E-state index contributed by atoms with van der Waals surface area (Å²) in [5.74, 6) is 0.296. The first-order chi connectivity index (χ1) is 10.6. The zero-order valence-corrected chi connectivity index (χ0v) is 13.5. The highest BCUT2D eigenvalue weighted by Gasteiger charge is 2.17. The van der Waals surface area contributed by atoms with Gasteiger partial charge in [0.2, 0.25) is 0 Å². The van der Waals surface area contributed by atoms with Crippen molar-refractivity contribution in [3.63, 3.8) is 0 Å². The van der Waals surface area contributed by atoms with E-state index in [0.717, 1.165) is 33.8 Å². The number of carbonyl (C=O) groups excluding carboxylic acids is 1. The quantitative estimate of drug-likeness (QED) is 0.714. The Labute approximate surface area is 135 Å². The number of hydrogen-bond donors (Lipinski definition) is 2. The lowest BCUT2D eigenvalue weighted by atomic mass is 10.2. The maximum absolute atomic E-state index is 11.5. The van der Waals surface area contributed by atoms with Gasteiger partial charge in [0.15, 0.2) is 15.2 Å². The number of thiazole rings is 1. The molecule has 114 valence electrons. The molecule has 0 amide bonds. The van der Waals surface area contributed by atoms with Gasteiger partial charge in [0, 0.05) is 0 Å². The maximum atomic E-state index is 11.5. The topological polar surface area (TPSA) is 79.9 Å². The number of ether oxygens (including phenoxy) is 1. The number of nitrogens with zero attached hydrogens (tertiary/aromatic N) is 2. The lowest BCUT2D eigenvalue weighted by Crippen LogP contribution is -2.00. The van der Waals surface area contributed by atoms with E-state index in [4.69, 9.17) is 11.6 Å². The van der Waals surface area contributed by atoms with Crippen LogP contribution in [0.1, 0.15) is 21.1 Å². The molecule has 0 fully saturated rings. The number of methoxy groups -OCH3 is 1. The van der Waals surface area contributed by atoms with Gasteiger partial charge in [-0.1, -0.05) is 35.1 Å². The van der Waals surface area contributed by atoms with Crippen LogP contribution < -0.4 is 5.32 Å². The fourth-order valence-corrected chi connectivity index (χ4v) is 3.16. The molecule has 2 heterocycles. The minimum atomic E-state index is -0.491. The first kappa shape index (κ1) is 14.8. The van der Waals surface area contributed by atoms with E-state index in [1.54, 1.807) is 0 Å². The molecule has 0 atom stereocenters.